The Hall–Kier alpha value is -3.97. The van der Waals surface area contributed by atoms with Crippen LogP contribution < -0.4 is 16.4 Å². The summed E-state index contributed by atoms with van der Waals surface area (Å²) >= 11 is 0. The number of carbonyl (C=O) groups is 5. The van der Waals surface area contributed by atoms with E-state index >= 15 is 0 Å². The molecule has 36 heavy (non-hydrogen) atoms. The summed E-state index contributed by atoms with van der Waals surface area (Å²) in [5, 5.41) is 33.6. The summed E-state index contributed by atoms with van der Waals surface area (Å²) in [6, 6.07) is 2.11. The van der Waals surface area contributed by atoms with Gasteiger partial charge in [-0.05, 0) is 30.9 Å². The average molecular weight is 504 g/mol. The number of rotatable bonds is 11. The van der Waals surface area contributed by atoms with E-state index in [1.807, 2.05) is 24.3 Å². The number of carbonyl (C=O) groups excluding carboxylic acids is 3. The van der Waals surface area contributed by atoms with Crippen LogP contribution in [0.3, 0.4) is 0 Å². The molecule has 1 fully saturated rings. The number of fused-ring (bicyclic) bond motifs is 1. The molecule has 4 atom stereocenters. The number of likely N-dealkylation sites (tertiary alicyclic amines) is 1. The number of nitrogens with one attached hydrogen (secondary N) is 3. The molecular weight excluding hydrogens is 474 g/mol. The average Bonchev–Trinajstić information content (AvgIpc) is 3.49. The third-order valence-corrected chi connectivity index (χ3v) is 6.08. The SMILES string of the molecule is NC(Cc1c[nH]c2ccccc12)C(=O)NC(CC(=O)O)C(=O)NC(CO)C(=O)N1CCCC1C(=O)O. The standard InChI is InChI=1S/C23H29N5O8/c24-14(8-12-10-25-15-5-2-1-4-13(12)15)20(32)26-16(9-19(30)31)21(33)27-17(11-29)22(34)28-7-3-6-18(28)23(35)36/h1-2,4-5,10,14,16-18,25,29H,3,6-9,11,24H2,(H,26,32)(H,27,33)(H,30,31)(H,35,36). The van der Waals surface area contributed by atoms with Crippen LogP contribution in [-0.4, -0.2) is 92.2 Å². The zero-order chi connectivity index (χ0) is 26.4. The van der Waals surface area contributed by atoms with Crippen molar-refractivity contribution in [3.8, 4) is 0 Å². The Morgan fingerprint density at radius 1 is 1.08 bits per heavy atom. The first-order valence-electron chi connectivity index (χ1n) is 11.4. The highest BCUT2D eigenvalue weighted by atomic mass is 16.4. The molecule has 3 rings (SSSR count). The molecule has 3 amide bonds. The number of aliphatic carboxylic acids is 2. The minimum Gasteiger partial charge on any atom is -0.481 e. The lowest BCUT2D eigenvalue weighted by Gasteiger charge is -2.27. The second kappa shape index (κ2) is 11.6. The van der Waals surface area contributed by atoms with Gasteiger partial charge in [0.05, 0.1) is 19.1 Å². The molecule has 0 bridgehead atoms. The third kappa shape index (κ3) is 6.17. The van der Waals surface area contributed by atoms with Crippen molar-refractivity contribution in [3.05, 3.63) is 36.0 Å². The maximum atomic E-state index is 12.8. The second-order valence-electron chi connectivity index (χ2n) is 8.60. The number of benzene rings is 1. The molecule has 0 aliphatic carbocycles. The van der Waals surface area contributed by atoms with Crippen molar-refractivity contribution in [2.24, 2.45) is 5.73 Å². The number of hydrogen-bond acceptors (Lipinski definition) is 7. The van der Waals surface area contributed by atoms with Crippen molar-refractivity contribution in [2.45, 2.75) is 49.9 Å². The minimum absolute atomic E-state index is 0.112. The van der Waals surface area contributed by atoms with Gasteiger partial charge in [-0.3, -0.25) is 19.2 Å². The van der Waals surface area contributed by atoms with Crippen LogP contribution in [0.5, 0.6) is 0 Å². The molecule has 2 aromatic rings. The number of carboxylic acid groups (broad SMARTS) is 2. The van der Waals surface area contributed by atoms with Crippen LogP contribution >= 0.6 is 0 Å². The van der Waals surface area contributed by atoms with Crippen LogP contribution in [0.2, 0.25) is 0 Å². The first-order valence-corrected chi connectivity index (χ1v) is 11.4. The van der Waals surface area contributed by atoms with Crippen molar-refractivity contribution in [3.63, 3.8) is 0 Å². The van der Waals surface area contributed by atoms with E-state index in [1.54, 1.807) is 6.20 Å². The van der Waals surface area contributed by atoms with E-state index in [-0.39, 0.29) is 19.4 Å². The summed E-state index contributed by atoms with van der Waals surface area (Å²) in [5.74, 6) is -5.21. The van der Waals surface area contributed by atoms with Crippen LogP contribution in [0, 0.1) is 0 Å². The topological polar surface area (TPSA) is 215 Å². The Morgan fingerprint density at radius 2 is 1.78 bits per heavy atom. The van der Waals surface area contributed by atoms with Gasteiger partial charge in [0.25, 0.3) is 0 Å². The number of aromatic nitrogens is 1. The van der Waals surface area contributed by atoms with Gasteiger partial charge in [-0.25, -0.2) is 4.79 Å². The van der Waals surface area contributed by atoms with Gasteiger partial charge in [0.15, 0.2) is 0 Å². The number of hydrogen-bond donors (Lipinski definition) is 7. The molecular formula is C23H29N5O8. The molecule has 1 aliphatic rings. The quantitative estimate of drug-likeness (QED) is 0.191. The van der Waals surface area contributed by atoms with Crippen molar-refractivity contribution < 1.29 is 39.3 Å². The predicted molar refractivity (Wildman–Crippen MR) is 126 cm³/mol. The van der Waals surface area contributed by atoms with Gasteiger partial charge >= 0.3 is 11.9 Å². The van der Waals surface area contributed by atoms with Crippen LogP contribution in [0.15, 0.2) is 30.5 Å². The molecule has 0 spiro atoms. The maximum absolute atomic E-state index is 12.8. The number of amides is 3. The van der Waals surface area contributed by atoms with Gasteiger partial charge in [-0.1, -0.05) is 18.2 Å². The van der Waals surface area contributed by atoms with Crippen molar-refractivity contribution in [1.29, 1.82) is 0 Å². The van der Waals surface area contributed by atoms with Crippen LogP contribution in [0.25, 0.3) is 10.9 Å². The summed E-state index contributed by atoms with van der Waals surface area (Å²) in [6.07, 6.45) is 1.70. The Kier molecular flexibility index (Phi) is 8.61. The number of aliphatic hydroxyl groups excluding tert-OH is 1. The van der Waals surface area contributed by atoms with E-state index in [1.165, 1.54) is 0 Å². The number of H-pyrrole nitrogens is 1. The Morgan fingerprint density at radius 3 is 2.44 bits per heavy atom. The number of aromatic amines is 1. The first kappa shape index (κ1) is 26.6. The summed E-state index contributed by atoms with van der Waals surface area (Å²) in [7, 11) is 0. The monoisotopic (exact) mass is 503 g/mol. The van der Waals surface area contributed by atoms with E-state index in [9.17, 15) is 39.3 Å². The fourth-order valence-corrected chi connectivity index (χ4v) is 4.24. The Bertz CT molecular complexity index is 1150. The number of nitrogens with two attached hydrogens (primary N) is 1. The highest BCUT2D eigenvalue weighted by Gasteiger charge is 2.38. The van der Waals surface area contributed by atoms with Gasteiger partial charge in [-0.15, -0.1) is 0 Å². The molecule has 2 heterocycles. The lowest BCUT2D eigenvalue weighted by atomic mass is 10.0. The highest BCUT2D eigenvalue weighted by Crippen LogP contribution is 2.20. The van der Waals surface area contributed by atoms with E-state index < -0.39 is 66.9 Å². The van der Waals surface area contributed by atoms with Crippen LogP contribution in [0.4, 0.5) is 0 Å². The van der Waals surface area contributed by atoms with Gasteiger partial charge in [0.1, 0.15) is 18.1 Å². The van der Waals surface area contributed by atoms with Gasteiger partial charge in [0.2, 0.25) is 17.7 Å². The van der Waals surface area contributed by atoms with Crippen LogP contribution in [0.1, 0.15) is 24.8 Å². The van der Waals surface area contributed by atoms with Crippen molar-refractivity contribution in [1.82, 2.24) is 20.5 Å². The zero-order valence-electron chi connectivity index (χ0n) is 19.3. The molecule has 8 N–H and O–H groups in total. The summed E-state index contributed by atoms with van der Waals surface area (Å²) in [6.45, 7) is -0.707. The Labute approximate surface area is 205 Å². The zero-order valence-corrected chi connectivity index (χ0v) is 19.3. The number of aliphatic hydroxyl groups is 1. The lowest BCUT2D eigenvalue weighted by Crippen LogP contribution is -2.58. The van der Waals surface area contributed by atoms with Gasteiger partial charge < -0.3 is 41.6 Å². The molecule has 1 saturated heterocycles. The van der Waals surface area contributed by atoms with E-state index in [4.69, 9.17) is 5.73 Å². The molecule has 1 aromatic carbocycles. The number of para-hydroxylation sites is 1. The molecule has 4 unspecified atom stereocenters. The second-order valence-corrected chi connectivity index (χ2v) is 8.60. The molecule has 1 aromatic heterocycles. The van der Waals surface area contributed by atoms with E-state index in [0.717, 1.165) is 21.4 Å². The normalized spacial score (nSPS) is 17.8. The van der Waals surface area contributed by atoms with Crippen LogP contribution in [-0.2, 0) is 30.4 Å². The predicted octanol–water partition coefficient (Wildman–Crippen LogP) is -1.45. The molecule has 13 heteroatoms. The summed E-state index contributed by atoms with van der Waals surface area (Å²) in [4.78, 5) is 65.1. The fraction of sp³-hybridized carbons (Fsp3) is 0.435. The Balaban J connectivity index is 1.66. The number of carboxylic acids is 2. The van der Waals surface area contributed by atoms with Gasteiger partial charge in [0, 0.05) is 23.6 Å². The van der Waals surface area contributed by atoms with Gasteiger partial charge in [-0.2, -0.15) is 0 Å². The third-order valence-electron chi connectivity index (χ3n) is 6.08. The van der Waals surface area contributed by atoms with E-state index in [0.29, 0.717) is 6.42 Å². The maximum Gasteiger partial charge on any atom is 0.326 e. The fourth-order valence-electron chi connectivity index (χ4n) is 4.24. The number of nitrogens with zero attached hydrogens (tertiary/aromatic N) is 1. The molecule has 1 aliphatic heterocycles. The van der Waals surface area contributed by atoms with E-state index in [2.05, 4.69) is 15.6 Å². The lowest BCUT2D eigenvalue weighted by molar-refractivity contribution is -0.150. The summed E-state index contributed by atoms with van der Waals surface area (Å²) < 4.78 is 0. The smallest absolute Gasteiger partial charge is 0.326 e. The summed E-state index contributed by atoms with van der Waals surface area (Å²) in [5.41, 5.74) is 7.63. The van der Waals surface area contributed by atoms with Crippen molar-refractivity contribution >= 4 is 40.6 Å². The molecule has 0 radical (unpaired) electrons. The highest BCUT2D eigenvalue weighted by molar-refractivity contribution is 5.96. The first-order chi connectivity index (χ1) is 17.1. The molecule has 0 saturated carbocycles. The molecule has 194 valence electrons. The van der Waals surface area contributed by atoms with Crippen molar-refractivity contribution in [2.75, 3.05) is 13.2 Å². The largest absolute Gasteiger partial charge is 0.481 e. The molecule has 13 nitrogen and oxygen atoms in total. The minimum atomic E-state index is -1.58.